The van der Waals surface area contributed by atoms with Crippen molar-refractivity contribution in [1.82, 2.24) is 15.4 Å². The zero-order valence-electron chi connectivity index (χ0n) is 6.77. The molecule has 7 nitrogen and oxygen atoms in total. The molecule has 0 aliphatic carbocycles. The Morgan fingerprint density at radius 2 is 2.46 bits per heavy atom. The van der Waals surface area contributed by atoms with Crippen molar-refractivity contribution in [3.63, 3.8) is 0 Å². The molecule has 0 bridgehead atoms. The fourth-order valence-electron chi connectivity index (χ4n) is 0.957. The largest absolute Gasteiger partial charge is 0.480 e. The zero-order valence-corrected chi connectivity index (χ0v) is 6.77. The number of aliphatic carboxylic acids is 1. The van der Waals surface area contributed by atoms with Crippen LogP contribution in [0.25, 0.3) is 0 Å². The highest BCUT2D eigenvalue weighted by Gasteiger charge is 2.25. The number of hydrazine groups is 1. The number of carboxylic acid groups (broad SMARTS) is 1. The average molecular weight is 185 g/mol. The Morgan fingerprint density at radius 3 is 2.85 bits per heavy atom. The van der Waals surface area contributed by atoms with E-state index in [4.69, 9.17) is 16.7 Å². The van der Waals surface area contributed by atoms with Crippen LogP contribution in [-0.4, -0.2) is 27.1 Å². The van der Waals surface area contributed by atoms with Crippen molar-refractivity contribution in [2.45, 2.75) is 12.1 Å². The molecule has 72 valence electrons. The summed E-state index contributed by atoms with van der Waals surface area (Å²) >= 11 is 0. The van der Waals surface area contributed by atoms with E-state index in [-0.39, 0.29) is 0 Å². The van der Waals surface area contributed by atoms with Crippen LogP contribution in [0.3, 0.4) is 0 Å². The van der Waals surface area contributed by atoms with Crippen molar-refractivity contribution >= 4 is 5.97 Å². The normalized spacial score (nSPS) is 15.2. The van der Waals surface area contributed by atoms with Crippen LogP contribution in [0.4, 0.5) is 0 Å². The summed E-state index contributed by atoms with van der Waals surface area (Å²) in [4.78, 5) is 17.1. The van der Waals surface area contributed by atoms with Crippen LogP contribution in [0, 0.1) is 0 Å². The van der Waals surface area contributed by atoms with Crippen molar-refractivity contribution in [3.8, 4) is 0 Å². The van der Waals surface area contributed by atoms with E-state index < -0.39 is 18.1 Å². The Bertz CT molecular complexity index is 273. The van der Waals surface area contributed by atoms with Crippen LogP contribution in [0.5, 0.6) is 0 Å². The van der Waals surface area contributed by atoms with Gasteiger partial charge in [0.15, 0.2) is 0 Å². The monoisotopic (exact) mass is 185 g/mol. The molecule has 7 heteroatoms. The summed E-state index contributed by atoms with van der Waals surface area (Å²) in [5.74, 6) is 4.02. The van der Waals surface area contributed by atoms with Crippen molar-refractivity contribution in [2.24, 2.45) is 11.6 Å². The maximum absolute atomic E-state index is 10.5. The summed E-state index contributed by atoms with van der Waals surface area (Å²) in [6, 6.07) is -1.81. The molecule has 1 unspecified atom stereocenters. The second-order valence-corrected chi connectivity index (χ2v) is 2.50. The van der Waals surface area contributed by atoms with Crippen molar-refractivity contribution in [2.75, 3.05) is 0 Å². The Balaban J connectivity index is 2.79. The first-order valence-corrected chi connectivity index (χ1v) is 3.60. The number of aromatic amines is 1. The number of H-pyrrole nitrogens is 1. The molecule has 0 saturated heterocycles. The quantitative estimate of drug-likeness (QED) is 0.281. The number of nitrogens with zero attached hydrogens (tertiary/aromatic N) is 1. The van der Waals surface area contributed by atoms with Gasteiger partial charge in [0.1, 0.15) is 6.04 Å². The first-order valence-electron chi connectivity index (χ1n) is 3.60. The Kier molecular flexibility index (Phi) is 2.96. The number of carboxylic acids is 1. The number of hydrogen-bond donors (Lipinski definition) is 5. The molecule has 0 saturated carbocycles. The van der Waals surface area contributed by atoms with E-state index in [9.17, 15) is 4.79 Å². The summed E-state index contributed by atoms with van der Waals surface area (Å²) in [6.07, 6.45) is 2.96. The average Bonchev–Trinajstić information content (AvgIpc) is 2.58. The van der Waals surface area contributed by atoms with Crippen molar-refractivity contribution < 1.29 is 9.90 Å². The van der Waals surface area contributed by atoms with Crippen LogP contribution >= 0.6 is 0 Å². The molecule has 0 aromatic carbocycles. The molecule has 0 aliphatic rings. The second-order valence-electron chi connectivity index (χ2n) is 2.50. The molecule has 0 amide bonds. The Labute approximate surface area is 74.1 Å². The fourth-order valence-corrected chi connectivity index (χ4v) is 0.957. The predicted octanol–water partition coefficient (Wildman–Crippen LogP) is -1.67. The van der Waals surface area contributed by atoms with Gasteiger partial charge in [0.25, 0.3) is 0 Å². The van der Waals surface area contributed by atoms with Gasteiger partial charge in [-0.25, -0.2) is 10.4 Å². The third-order valence-electron chi connectivity index (χ3n) is 1.66. The number of hydrogen-bond acceptors (Lipinski definition) is 5. The SMILES string of the molecule is NNC(c1c[nH]cn1)[C@H](N)C(=O)O. The number of rotatable bonds is 4. The molecule has 0 aliphatic heterocycles. The second kappa shape index (κ2) is 3.99. The topological polar surface area (TPSA) is 130 Å². The molecule has 13 heavy (non-hydrogen) atoms. The minimum atomic E-state index is -1.13. The number of carbonyl (C=O) groups is 1. The summed E-state index contributed by atoms with van der Waals surface area (Å²) < 4.78 is 0. The van der Waals surface area contributed by atoms with E-state index in [1.807, 2.05) is 0 Å². The van der Waals surface area contributed by atoms with Gasteiger partial charge in [0.2, 0.25) is 0 Å². The lowest BCUT2D eigenvalue weighted by Gasteiger charge is -2.17. The van der Waals surface area contributed by atoms with E-state index in [2.05, 4.69) is 15.4 Å². The highest BCUT2D eigenvalue weighted by atomic mass is 16.4. The van der Waals surface area contributed by atoms with E-state index in [1.54, 1.807) is 0 Å². The highest BCUT2D eigenvalue weighted by molar-refractivity contribution is 5.74. The van der Waals surface area contributed by atoms with Gasteiger partial charge in [-0.3, -0.25) is 10.6 Å². The van der Waals surface area contributed by atoms with Gasteiger partial charge in [-0.05, 0) is 0 Å². The lowest BCUT2D eigenvalue weighted by molar-refractivity contribution is -0.139. The lowest BCUT2D eigenvalue weighted by Crippen LogP contribution is -2.46. The summed E-state index contributed by atoms with van der Waals surface area (Å²) in [7, 11) is 0. The molecule has 1 aromatic heterocycles. The molecule has 1 heterocycles. The predicted molar refractivity (Wildman–Crippen MR) is 44.3 cm³/mol. The van der Waals surface area contributed by atoms with Gasteiger partial charge in [-0.2, -0.15) is 0 Å². The maximum Gasteiger partial charge on any atom is 0.322 e. The van der Waals surface area contributed by atoms with Gasteiger partial charge in [-0.1, -0.05) is 0 Å². The molecule has 0 spiro atoms. The third-order valence-corrected chi connectivity index (χ3v) is 1.66. The van der Waals surface area contributed by atoms with Gasteiger partial charge >= 0.3 is 5.97 Å². The third kappa shape index (κ3) is 2.02. The van der Waals surface area contributed by atoms with Crippen LogP contribution in [0.15, 0.2) is 12.5 Å². The minimum Gasteiger partial charge on any atom is -0.480 e. The van der Waals surface area contributed by atoms with Gasteiger partial charge in [-0.15, -0.1) is 0 Å². The van der Waals surface area contributed by atoms with Gasteiger partial charge in [0.05, 0.1) is 18.1 Å². The van der Waals surface area contributed by atoms with Crippen LogP contribution < -0.4 is 17.0 Å². The standard InChI is InChI=1S/C6H11N5O2/c7-4(6(12)13)5(11-8)3-1-9-2-10-3/h1-2,4-5,11H,7-8H2,(H,9,10)(H,12,13)/t4-,5?/m0/s1. The smallest absolute Gasteiger partial charge is 0.322 e. The Hall–Kier alpha value is -1.44. The van der Waals surface area contributed by atoms with Crippen molar-refractivity contribution in [1.29, 1.82) is 0 Å². The van der Waals surface area contributed by atoms with E-state index in [0.717, 1.165) is 0 Å². The van der Waals surface area contributed by atoms with Crippen LogP contribution in [-0.2, 0) is 4.79 Å². The Morgan fingerprint density at radius 1 is 1.77 bits per heavy atom. The molecule has 1 rings (SSSR count). The van der Waals surface area contributed by atoms with Crippen molar-refractivity contribution in [3.05, 3.63) is 18.2 Å². The molecule has 0 radical (unpaired) electrons. The minimum absolute atomic E-state index is 0.470. The first-order chi connectivity index (χ1) is 6.16. The molecule has 7 N–H and O–H groups in total. The van der Waals surface area contributed by atoms with Crippen LogP contribution in [0.2, 0.25) is 0 Å². The maximum atomic E-state index is 10.5. The number of aromatic nitrogens is 2. The van der Waals surface area contributed by atoms with Gasteiger partial charge < -0.3 is 15.8 Å². The summed E-state index contributed by atoms with van der Waals surface area (Å²) in [5, 5.41) is 8.62. The molecule has 0 fully saturated rings. The van der Waals surface area contributed by atoms with Crippen LogP contribution in [0.1, 0.15) is 11.7 Å². The number of nitrogens with two attached hydrogens (primary N) is 2. The summed E-state index contributed by atoms with van der Waals surface area (Å²) in [5.41, 5.74) is 8.13. The highest BCUT2D eigenvalue weighted by Crippen LogP contribution is 2.10. The molecule has 1 aromatic rings. The zero-order chi connectivity index (χ0) is 9.84. The molecule has 2 atom stereocenters. The fraction of sp³-hybridized carbons (Fsp3) is 0.333. The number of imidazole rings is 1. The van der Waals surface area contributed by atoms with E-state index in [1.165, 1.54) is 12.5 Å². The molecular weight excluding hydrogens is 174 g/mol. The van der Waals surface area contributed by atoms with Gasteiger partial charge in [0, 0.05) is 6.20 Å². The number of nitrogens with one attached hydrogen (secondary N) is 2. The van der Waals surface area contributed by atoms with E-state index >= 15 is 0 Å². The first kappa shape index (κ1) is 9.65. The lowest BCUT2D eigenvalue weighted by atomic mass is 10.1. The molecular formula is C6H11N5O2. The van der Waals surface area contributed by atoms with E-state index in [0.29, 0.717) is 5.69 Å². The summed E-state index contributed by atoms with van der Waals surface area (Å²) in [6.45, 7) is 0.